The molecule has 0 spiro atoms. The minimum atomic E-state index is 0.282. The molecule has 1 aromatic carbocycles. The normalized spacial score (nSPS) is 12.4. The van der Waals surface area contributed by atoms with E-state index in [2.05, 4.69) is 24.4 Å². The van der Waals surface area contributed by atoms with E-state index in [9.17, 15) is 0 Å². The molecule has 102 valence electrons. The van der Waals surface area contributed by atoms with Gasteiger partial charge in [0.2, 0.25) is 0 Å². The molecule has 0 radical (unpaired) electrons. The topological polar surface area (TPSA) is 30.5 Å². The van der Waals surface area contributed by atoms with Crippen molar-refractivity contribution in [3.05, 3.63) is 29.8 Å². The maximum atomic E-state index is 5.67. The number of hydrogen-bond acceptors (Lipinski definition) is 3. The van der Waals surface area contributed by atoms with Crippen molar-refractivity contribution in [3.63, 3.8) is 0 Å². The standard InChI is InChI=1S/C15H25NO2/c1-4-11-17-12-10-14(16-3)13-8-6-7-9-15(13)18-5-2/h6-9,14,16H,4-5,10-12H2,1-3H3. The zero-order valence-electron chi connectivity index (χ0n) is 11.7. The minimum absolute atomic E-state index is 0.282. The minimum Gasteiger partial charge on any atom is -0.494 e. The molecule has 0 saturated carbocycles. The zero-order valence-corrected chi connectivity index (χ0v) is 11.7. The Morgan fingerprint density at radius 3 is 2.61 bits per heavy atom. The van der Waals surface area contributed by atoms with Gasteiger partial charge in [0.1, 0.15) is 5.75 Å². The second kappa shape index (κ2) is 8.95. The molecular formula is C15H25NO2. The highest BCUT2D eigenvalue weighted by molar-refractivity contribution is 5.35. The Morgan fingerprint density at radius 2 is 1.94 bits per heavy atom. The van der Waals surface area contributed by atoms with Crippen molar-refractivity contribution in [2.24, 2.45) is 0 Å². The number of hydrogen-bond donors (Lipinski definition) is 1. The van der Waals surface area contributed by atoms with Gasteiger partial charge >= 0.3 is 0 Å². The molecule has 0 aliphatic carbocycles. The molecule has 0 aromatic heterocycles. The van der Waals surface area contributed by atoms with Gasteiger partial charge in [0.05, 0.1) is 6.61 Å². The average Bonchev–Trinajstić information content (AvgIpc) is 2.41. The number of nitrogens with one attached hydrogen (secondary N) is 1. The molecule has 0 amide bonds. The van der Waals surface area contributed by atoms with Crippen LogP contribution in [-0.4, -0.2) is 26.9 Å². The van der Waals surface area contributed by atoms with Crippen molar-refractivity contribution in [3.8, 4) is 5.75 Å². The predicted molar refractivity (Wildman–Crippen MR) is 75.1 cm³/mol. The Morgan fingerprint density at radius 1 is 1.17 bits per heavy atom. The van der Waals surface area contributed by atoms with Gasteiger partial charge in [-0.05, 0) is 32.9 Å². The van der Waals surface area contributed by atoms with Crippen molar-refractivity contribution in [1.82, 2.24) is 5.32 Å². The largest absolute Gasteiger partial charge is 0.494 e. The first-order chi connectivity index (χ1) is 8.83. The summed E-state index contributed by atoms with van der Waals surface area (Å²) in [5, 5.41) is 3.33. The highest BCUT2D eigenvalue weighted by atomic mass is 16.5. The summed E-state index contributed by atoms with van der Waals surface area (Å²) in [4.78, 5) is 0. The van der Waals surface area contributed by atoms with Gasteiger partial charge in [0, 0.05) is 24.8 Å². The lowest BCUT2D eigenvalue weighted by molar-refractivity contribution is 0.125. The van der Waals surface area contributed by atoms with Gasteiger partial charge in [0.15, 0.2) is 0 Å². The summed E-state index contributed by atoms with van der Waals surface area (Å²) < 4.78 is 11.2. The Hall–Kier alpha value is -1.06. The summed E-state index contributed by atoms with van der Waals surface area (Å²) in [5.41, 5.74) is 1.21. The van der Waals surface area contributed by atoms with E-state index in [1.165, 1.54) is 5.56 Å². The maximum absolute atomic E-state index is 5.67. The molecule has 1 rings (SSSR count). The van der Waals surface area contributed by atoms with Crippen LogP contribution in [0.4, 0.5) is 0 Å². The first-order valence-corrected chi connectivity index (χ1v) is 6.80. The van der Waals surface area contributed by atoms with E-state index in [1.807, 2.05) is 26.1 Å². The van der Waals surface area contributed by atoms with Crippen LogP contribution in [-0.2, 0) is 4.74 Å². The molecule has 3 heteroatoms. The van der Waals surface area contributed by atoms with Gasteiger partial charge in [-0.3, -0.25) is 0 Å². The summed E-state index contributed by atoms with van der Waals surface area (Å²) in [7, 11) is 1.98. The number of para-hydroxylation sites is 1. The van der Waals surface area contributed by atoms with Crippen LogP contribution in [0.5, 0.6) is 5.75 Å². The highest BCUT2D eigenvalue weighted by Gasteiger charge is 2.13. The second-order valence-electron chi connectivity index (χ2n) is 4.21. The number of rotatable bonds is 9. The lowest BCUT2D eigenvalue weighted by atomic mass is 10.0. The Labute approximate surface area is 110 Å². The molecule has 1 aromatic rings. The molecule has 0 bridgehead atoms. The summed E-state index contributed by atoms with van der Waals surface area (Å²) in [6, 6.07) is 8.48. The van der Waals surface area contributed by atoms with Gasteiger partial charge in [-0.1, -0.05) is 25.1 Å². The Kier molecular flexibility index (Phi) is 7.46. The number of ether oxygens (including phenoxy) is 2. The third kappa shape index (κ3) is 4.67. The molecule has 18 heavy (non-hydrogen) atoms. The smallest absolute Gasteiger partial charge is 0.124 e. The van der Waals surface area contributed by atoms with Crippen LogP contribution in [0.2, 0.25) is 0 Å². The van der Waals surface area contributed by atoms with Crippen LogP contribution < -0.4 is 10.1 Å². The van der Waals surface area contributed by atoms with E-state index >= 15 is 0 Å². The SMILES string of the molecule is CCCOCCC(NC)c1ccccc1OCC. The first kappa shape index (κ1) is 15.0. The van der Waals surface area contributed by atoms with E-state index in [-0.39, 0.29) is 6.04 Å². The molecule has 3 nitrogen and oxygen atoms in total. The molecule has 0 saturated heterocycles. The van der Waals surface area contributed by atoms with Crippen LogP contribution in [0.25, 0.3) is 0 Å². The fraction of sp³-hybridized carbons (Fsp3) is 0.600. The Balaban J connectivity index is 2.62. The van der Waals surface area contributed by atoms with E-state index in [0.29, 0.717) is 6.61 Å². The molecule has 0 fully saturated rings. The molecule has 1 unspecified atom stereocenters. The summed E-state index contributed by atoms with van der Waals surface area (Å²) >= 11 is 0. The predicted octanol–water partition coefficient (Wildman–Crippen LogP) is 3.16. The molecular weight excluding hydrogens is 226 g/mol. The first-order valence-electron chi connectivity index (χ1n) is 6.80. The molecule has 1 atom stereocenters. The number of benzene rings is 1. The third-order valence-electron chi connectivity index (χ3n) is 2.84. The monoisotopic (exact) mass is 251 g/mol. The van der Waals surface area contributed by atoms with E-state index < -0.39 is 0 Å². The second-order valence-corrected chi connectivity index (χ2v) is 4.21. The zero-order chi connectivity index (χ0) is 13.2. The molecule has 0 heterocycles. The van der Waals surface area contributed by atoms with Crippen LogP contribution in [0, 0.1) is 0 Å². The van der Waals surface area contributed by atoms with Crippen molar-refractivity contribution < 1.29 is 9.47 Å². The van der Waals surface area contributed by atoms with E-state index in [1.54, 1.807) is 0 Å². The van der Waals surface area contributed by atoms with Gasteiger partial charge in [-0.25, -0.2) is 0 Å². The van der Waals surface area contributed by atoms with Gasteiger partial charge < -0.3 is 14.8 Å². The summed E-state index contributed by atoms with van der Waals surface area (Å²) in [5.74, 6) is 0.967. The molecule has 0 aliphatic rings. The van der Waals surface area contributed by atoms with Crippen molar-refractivity contribution >= 4 is 0 Å². The van der Waals surface area contributed by atoms with Gasteiger partial charge in [0.25, 0.3) is 0 Å². The van der Waals surface area contributed by atoms with Crippen LogP contribution in [0.1, 0.15) is 38.3 Å². The average molecular weight is 251 g/mol. The summed E-state index contributed by atoms with van der Waals surface area (Å²) in [6.07, 6.45) is 2.03. The fourth-order valence-corrected chi connectivity index (χ4v) is 1.96. The van der Waals surface area contributed by atoms with Crippen molar-refractivity contribution in [1.29, 1.82) is 0 Å². The van der Waals surface area contributed by atoms with Crippen LogP contribution in [0.15, 0.2) is 24.3 Å². The third-order valence-corrected chi connectivity index (χ3v) is 2.84. The van der Waals surface area contributed by atoms with Crippen LogP contribution in [0.3, 0.4) is 0 Å². The van der Waals surface area contributed by atoms with Gasteiger partial charge in [-0.15, -0.1) is 0 Å². The quantitative estimate of drug-likeness (QED) is 0.684. The lowest BCUT2D eigenvalue weighted by Crippen LogP contribution is -2.19. The van der Waals surface area contributed by atoms with E-state index in [4.69, 9.17) is 9.47 Å². The fourth-order valence-electron chi connectivity index (χ4n) is 1.96. The maximum Gasteiger partial charge on any atom is 0.124 e. The van der Waals surface area contributed by atoms with Crippen LogP contribution >= 0.6 is 0 Å². The Bertz CT molecular complexity index is 328. The van der Waals surface area contributed by atoms with E-state index in [0.717, 1.165) is 31.8 Å². The van der Waals surface area contributed by atoms with Crippen molar-refractivity contribution in [2.45, 2.75) is 32.7 Å². The summed E-state index contributed by atoms with van der Waals surface area (Å²) in [6.45, 7) is 6.44. The lowest BCUT2D eigenvalue weighted by Gasteiger charge is -2.19. The van der Waals surface area contributed by atoms with Gasteiger partial charge in [-0.2, -0.15) is 0 Å². The highest BCUT2D eigenvalue weighted by Crippen LogP contribution is 2.26. The van der Waals surface area contributed by atoms with Crippen molar-refractivity contribution in [2.75, 3.05) is 26.9 Å². The molecule has 0 aliphatic heterocycles. The molecule has 1 N–H and O–H groups in total.